The molecule has 0 radical (unpaired) electrons. The molecular weight excluding hydrogens is 500 g/mol. The largest absolute Gasteiger partial charge is 0.357 e. The van der Waals surface area contributed by atoms with Crippen LogP contribution in [0.2, 0.25) is 0 Å². The summed E-state index contributed by atoms with van der Waals surface area (Å²) in [6.45, 7) is 4.93. The molecule has 3 aromatic rings. The summed E-state index contributed by atoms with van der Waals surface area (Å²) in [5, 5.41) is 9.43. The highest BCUT2D eigenvalue weighted by atomic mass is 19.3. The van der Waals surface area contributed by atoms with E-state index in [2.05, 4.69) is 22.4 Å². The molecule has 206 valence electrons. The first-order chi connectivity index (χ1) is 18.8. The highest BCUT2D eigenvalue weighted by Gasteiger charge is 2.78. The number of hydrogen-bond acceptors (Lipinski definition) is 4. The lowest BCUT2D eigenvalue weighted by Crippen LogP contribution is -2.42. The molecule has 1 aromatic carbocycles. The SMILES string of the molecule is C[C@@]12Cc3c(c(-c4cc5ccc(N6CCC7(CCNCC7)C6=O)cc5[nH]4)nn3C3CCCCO3)C[C@@H]1C2(F)F. The fourth-order valence-corrected chi connectivity index (χ4v) is 7.94. The van der Waals surface area contributed by atoms with Gasteiger partial charge in [-0.2, -0.15) is 5.10 Å². The van der Waals surface area contributed by atoms with Gasteiger partial charge in [-0.15, -0.1) is 0 Å². The summed E-state index contributed by atoms with van der Waals surface area (Å²) in [4.78, 5) is 19.0. The first-order valence-corrected chi connectivity index (χ1v) is 14.6. The van der Waals surface area contributed by atoms with E-state index in [1.165, 1.54) is 0 Å². The number of ether oxygens (including phenoxy) is 1. The predicted octanol–water partition coefficient (Wildman–Crippen LogP) is 5.21. The number of H-pyrrole nitrogens is 1. The standard InChI is InChI=1S/C30H35F2N5O2/c1-28-17-23-20(16-24(28)30(28,31)32)26(35-37(23)25-4-2-3-13-39-25)22-14-18-5-6-19(15-21(18)34-22)36-12-9-29(27(36)38)7-10-33-11-8-29/h5-6,14-15,24-25,33-34H,2-4,7-13,16-17H2,1H3/t24-,25?,28+/m0/s1. The van der Waals surface area contributed by atoms with Crippen molar-refractivity contribution in [2.24, 2.45) is 16.7 Å². The zero-order valence-corrected chi connectivity index (χ0v) is 22.4. The van der Waals surface area contributed by atoms with Gasteiger partial charge >= 0.3 is 0 Å². The number of piperidine rings is 1. The number of alkyl halides is 2. The third-order valence-electron chi connectivity index (χ3n) is 10.6. The minimum absolute atomic E-state index is 0.201. The second-order valence-corrected chi connectivity index (χ2v) is 12.7. The number of aromatic nitrogens is 3. The molecule has 5 aliphatic rings. The molecule has 0 bridgehead atoms. The van der Waals surface area contributed by atoms with Crippen molar-refractivity contribution >= 4 is 22.5 Å². The van der Waals surface area contributed by atoms with Gasteiger partial charge in [0, 0.05) is 58.8 Å². The number of anilines is 1. The van der Waals surface area contributed by atoms with E-state index in [0.717, 1.165) is 97.4 Å². The summed E-state index contributed by atoms with van der Waals surface area (Å²) in [5.74, 6) is -3.05. The monoisotopic (exact) mass is 535 g/mol. The zero-order valence-electron chi connectivity index (χ0n) is 22.4. The summed E-state index contributed by atoms with van der Waals surface area (Å²) in [5.41, 5.74) is 4.04. The van der Waals surface area contributed by atoms with Crippen LogP contribution in [0.5, 0.6) is 0 Å². The van der Waals surface area contributed by atoms with Crippen molar-refractivity contribution in [2.45, 2.75) is 70.4 Å². The number of carbonyl (C=O) groups is 1. The molecule has 2 aromatic heterocycles. The number of fused-ring (bicyclic) bond motifs is 3. The van der Waals surface area contributed by atoms with Crippen molar-refractivity contribution in [3.05, 3.63) is 35.5 Å². The Labute approximate surface area is 226 Å². The van der Waals surface area contributed by atoms with Gasteiger partial charge in [0.25, 0.3) is 5.92 Å². The number of benzene rings is 1. The van der Waals surface area contributed by atoms with Crippen molar-refractivity contribution in [1.82, 2.24) is 20.1 Å². The molecule has 1 amide bonds. The molecule has 7 nitrogen and oxygen atoms in total. The van der Waals surface area contributed by atoms with Gasteiger partial charge in [0.1, 0.15) is 11.9 Å². The molecule has 3 aliphatic heterocycles. The van der Waals surface area contributed by atoms with Crippen LogP contribution in [-0.2, 0) is 22.4 Å². The topological polar surface area (TPSA) is 75.2 Å². The second kappa shape index (κ2) is 8.13. The van der Waals surface area contributed by atoms with Gasteiger partial charge in [0.05, 0.1) is 11.1 Å². The Bertz CT molecular complexity index is 1480. The van der Waals surface area contributed by atoms with Crippen LogP contribution in [0.3, 0.4) is 0 Å². The second-order valence-electron chi connectivity index (χ2n) is 12.7. The number of carbonyl (C=O) groups excluding carboxylic acids is 1. The summed E-state index contributed by atoms with van der Waals surface area (Å²) >= 11 is 0. The fourth-order valence-electron chi connectivity index (χ4n) is 7.94. The first-order valence-electron chi connectivity index (χ1n) is 14.6. The summed E-state index contributed by atoms with van der Waals surface area (Å²) in [7, 11) is 0. The number of rotatable bonds is 3. The van der Waals surface area contributed by atoms with Crippen LogP contribution in [-0.4, -0.2) is 52.8 Å². The summed E-state index contributed by atoms with van der Waals surface area (Å²) in [6, 6.07) is 8.19. The first kappa shape index (κ1) is 24.1. The van der Waals surface area contributed by atoms with Crippen LogP contribution in [0.4, 0.5) is 14.5 Å². The number of nitrogens with one attached hydrogen (secondary N) is 2. The Morgan fingerprint density at radius 2 is 1.97 bits per heavy atom. The van der Waals surface area contributed by atoms with Crippen molar-refractivity contribution in [3.63, 3.8) is 0 Å². The smallest absolute Gasteiger partial charge is 0.258 e. The van der Waals surface area contributed by atoms with E-state index in [-0.39, 0.29) is 17.6 Å². The Kier molecular flexibility index (Phi) is 5.01. The number of hydrogen-bond donors (Lipinski definition) is 2. The van der Waals surface area contributed by atoms with E-state index in [1.807, 2.05) is 21.7 Å². The van der Waals surface area contributed by atoms with Gasteiger partial charge in [-0.1, -0.05) is 13.0 Å². The molecule has 5 heterocycles. The highest BCUT2D eigenvalue weighted by molar-refractivity contribution is 6.01. The van der Waals surface area contributed by atoms with E-state index < -0.39 is 17.3 Å². The van der Waals surface area contributed by atoms with Crippen LogP contribution >= 0.6 is 0 Å². The van der Waals surface area contributed by atoms with Crippen LogP contribution in [0.25, 0.3) is 22.3 Å². The van der Waals surface area contributed by atoms with E-state index >= 15 is 0 Å². The lowest BCUT2D eigenvalue weighted by molar-refractivity contribution is -0.126. The summed E-state index contributed by atoms with van der Waals surface area (Å²) in [6.07, 6.45) is 6.07. The lowest BCUT2D eigenvalue weighted by atomic mass is 9.78. The number of amides is 1. The lowest BCUT2D eigenvalue weighted by Gasteiger charge is -2.32. The Balaban J connectivity index is 1.16. The third kappa shape index (κ3) is 3.32. The van der Waals surface area contributed by atoms with Gasteiger partial charge < -0.3 is 19.9 Å². The Hall–Kier alpha value is -2.78. The van der Waals surface area contributed by atoms with Gasteiger partial charge in [0.15, 0.2) is 0 Å². The van der Waals surface area contributed by atoms with Gasteiger partial charge in [-0.25, -0.2) is 13.5 Å². The Morgan fingerprint density at radius 3 is 2.77 bits per heavy atom. The molecule has 39 heavy (non-hydrogen) atoms. The molecule has 4 fully saturated rings. The maximum absolute atomic E-state index is 14.9. The number of aromatic amines is 1. The average Bonchev–Trinajstić information content (AvgIpc) is 3.42. The van der Waals surface area contributed by atoms with E-state index in [1.54, 1.807) is 6.92 Å². The van der Waals surface area contributed by atoms with Crippen molar-refractivity contribution in [1.29, 1.82) is 0 Å². The average molecular weight is 536 g/mol. The van der Waals surface area contributed by atoms with E-state index in [0.29, 0.717) is 19.4 Å². The zero-order chi connectivity index (χ0) is 26.6. The molecule has 2 aliphatic carbocycles. The third-order valence-corrected chi connectivity index (χ3v) is 10.6. The maximum atomic E-state index is 14.9. The molecule has 1 saturated carbocycles. The summed E-state index contributed by atoms with van der Waals surface area (Å²) < 4.78 is 37.7. The van der Waals surface area contributed by atoms with E-state index in [9.17, 15) is 13.6 Å². The van der Waals surface area contributed by atoms with Gasteiger partial charge in [-0.05, 0) is 76.2 Å². The molecular formula is C30H35F2N5O2. The quantitative estimate of drug-likeness (QED) is 0.483. The molecule has 3 atom stereocenters. The predicted molar refractivity (Wildman–Crippen MR) is 144 cm³/mol. The normalized spacial score (nSPS) is 31.1. The van der Waals surface area contributed by atoms with Crippen molar-refractivity contribution in [2.75, 3.05) is 31.1 Å². The van der Waals surface area contributed by atoms with Crippen LogP contribution < -0.4 is 10.2 Å². The molecule has 2 N–H and O–H groups in total. The minimum Gasteiger partial charge on any atom is -0.357 e. The fraction of sp³-hybridized carbons (Fsp3) is 0.600. The molecule has 1 spiro atoms. The number of halogens is 2. The van der Waals surface area contributed by atoms with Crippen LogP contribution in [0.1, 0.15) is 62.9 Å². The van der Waals surface area contributed by atoms with Gasteiger partial charge in [-0.3, -0.25) is 4.79 Å². The van der Waals surface area contributed by atoms with Crippen molar-refractivity contribution < 1.29 is 18.3 Å². The highest BCUT2D eigenvalue weighted by Crippen LogP contribution is 2.70. The minimum atomic E-state index is -2.65. The number of nitrogens with zero attached hydrogens (tertiary/aromatic N) is 3. The molecule has 1 unspecified atom stereocenters. The maximum Gasteiger partial charge on any atom is 0.258 e. The van der Waals surface area contributed by atoms with Crippen LogP contribution in [0.15, 0.2) is 24.3 Å². The molecule has 9 heteroatoms. The molecule has 3 saturated heterocycles. The van der Waals surface area contributed by atoms with Crippen LogP contribution in [0, 0.1) is 16.7 Å². The van der Waals surface area contributed by atoms with Gasteiger partial charge in [0.2, 0.25) is 5.91 Å². The Morgan fingerprint density at radius 1 is 1.13 bits per heavy atom. The van der Waals surface area contributed by atoms with E-state index in [4.69, 9.17) is 9.84 Å². The molecule has 8 rings (SSSR count). The van der Waals surface area contributed by atoms with Crippen molar-refractivity contribution in [3.8, 4) is 11.4 Å².